The van der Waals surface area contributed by atoms with E-state index in [1.165, 1.54) is 11.1 Å². The van der Waals surface area contributed by atoms with Crippen LogP contribution in [0.3, 0.4) is 0 Å². The second kappa shape index (κ2) is 4.45. The first-order valence-electron chi connectivity index (χ1n) is 5.24. The van der Waals surface area contributed by atoms with Crippen molar-refractivity contribution < 1.29 is 0 Å². The Balaban J connectivity index is 2.90. The molecule has 0 amide bonds. The molecule has 1 aliphatic carbocycles. The largest absolute Gasteiger partial charge is 0.0913 e. The van der Waals surface area contributed by atoms with Gasteiger partial charge >= 0.3 is 0 Å². The van der Waals surface area contributed by atoms with E-state index >= 15 is 0 Å². The van der Waals surface area contributed by atoms with Gasteiger partial charge in [-0.25, -0.2) is 0 Å². The van der Waals surface area contributed by atoms with Crippen molar-refractivity contribution in [3.05, 3.63) is 47.6 Å². The van der Waals surface area contributed by atoms with E-state index < -0.39 is 0 Å². The molecule has 0 heterocycles. The van der Waals surface area contributed by atoms with Crippen LogP contribution in [0, 0.1) is 5.41 Å². The molecule has 0 aromatic carbocycles. The number of hydrogen-bond acceptors (Lipinski definition) is 0. The predicted octanol–water partition coefficient (Wildman–Crippen LogP) is 4.42. The van der Waals surface area contributed by atoms with Crippen molar-refractivity contribution in [1.82, 2.24) is 0 Å². The van der Waals surface area contributed by atoms with Gasteiger partial charge < -0.3 is 0 Å². The fourth-order valence-corrected chi connectivity index (χ4v) is 1.42. The van der Waals surface area contributed by atoms with Crippen LogP contribution in [0.1, 0.15) is 34.1 Å². The molecule has 0 spiro atoms. The van der Waals surface area contributed by atoms with Crippen LogP contribution in [0.25, 0.3) is 0 Å². The summed E-state index contributed by atoms with van der Waals surface area (Å²) in [5, 5.41) is 0. The average molecular weight is 188 g/mol. The first-order valence-corrected chi connectivity index (χ1v) is 5.24. The van der Waals surface area contributed by atoms with Crippen LogP contribution in [0.2, 0.25) is 0 Å². The third kappa shape index (κ3) is 3.02. The highest BCUT2D eigenvalue weighted by molar-refractivity contribution is 5.38. The molecule has 0 aromatic rings. The van der Waals surface area contributed by atoms with E-state index in [0.29, 0.717) is 0 Å². The summed E-state index contributed by atoms with van der Waals surface area (Å²) in [6.07, 6.45) is 14.4. The summed E-state index contributed by atoms with van der Waals surface area (Å²) in [5.74, 6) is 0. The molecule has 0 unspecified atom stereocenters. The Labute approximate surface area is 87.7 Å². The van der Waals surface area contributed by atoms with E-state index in [2.05, 4.69) is 64.2 Å². The van der Waals surface area contributed by atoms with E-state index in [-0.39, 0.29) is 5.41 Å². The molecule has 76 valence electrons. The van der Waals surface area contributed by atoms with Crippen LogP contribution >= 0.6 is 0 Å². The monoisotopic (exact) mass is 188 g/mol. The van der Waals surface area contributed by atoms with Crippen molar-refractivity contribution in [1.29, 1.82) is 0 Å². The maximum atomic E-state index is 2.28. The van der Waals surface area contributed by atoms with Gasteiger partial charge in [0.25, 0.3) is 0 Å². The van der Waals surface area contributed by atoms with Crippen LogP contribution < -0.4 is 0 Å². The number of rotatable bonds is 2. The number of allylic oxidation sites excluding steroid dienone is 8. The molecular formula is C14H20. The molecule has 0 nitrogen and oxygen atoms in total. The predicted molar refractivity (Wildman–Crippen MR) is 64.2 cm³/mol. The van der Waals surface area contributed by atoms with Gasteiger partial charge in [-0.05, 0) is 31.4 Å². The first kappa shape index (κ1) is 11.0. The first-order chi connectivity index (χ1) is 6.55. The topological polar surface area (TPSA) is 0 Å². The molecule has 0 aliphatic heterocycles. The summed E-state index contributed by atoms with van der Waals surface area (Å²) in [5.41, 5.74) is 2.99. The fourth-order valence-electron chi connectivity index (χ4n) is 1.42. The van der Waals surface area contributed by atoms with Gasteiger partial charge in [-0.2, -0.15) is 0 Å². The molecule has 0 aromatic heterocycles. The molecular weight excluding hydrogens is 168 g/mol. The van der Waals surface area contributed by atoms with Crippen molar-refractivity contribution in [3.8, 4) is 0 Å². The van der Waals surface area contributed by atoms with Crippen molar-refractivity contribution in [2.45, 2.75) is 34.1 Å². The Morgan fingerprint density at radius 1 is 1.21 bits per heavy atom. The Kier molecular flexibility index (Phi) is 3.51. The smallest absolute Gasteiger partial charge is 0.00108 e. The molecule has 1 aliphatic rings. The highest BCUT2D eigenvalue weighted by atomic mass is 14.2. The summed E-state index contributed by atoms with van der Waals surface area (Å²) in [7, 11) is 0. The highest BCUT2D eigenvalue weighted by Gasteiger charge is 2.11. The van der Waals surface area contributed by atoms with Gasteiger partial charge in [-0.3, -0.25) is 0 Å². The van der Waals surface area contributed by atoms with Gasteiger partial charge in [0.15, 0.2) is 0 Å². The van der Waals surface area contributed by atoms with Crippen LogP contribution in [-0.2, 0) is 0 Å². The van der Waals surface area contributed by atoms with Crippen molar-refractivity contribution in [3.63, 3.8) is 0 Å². The van der Waals surface area contributed by atoms with Gasteiger partial charge in [0, 0.05) is 5.41 Å². The molecule has 0 N–H and O–H groups in total. The van der Waals surface area contributed by atoms with E-state index in [1.54, 1.807) is 0 Å². The average Bonchev–Trinajstić information content (AvgIpc) is 2.25. The SMILES string of the molecule is C/C=C\CC1=C(C)C=CC(C)(C)C=C1. The molecule has 0 saturated heterocycles. The van der Waals surface area contributed by atoms with E-state index in [1.807, 2.05) is 0 Å². The quantitative estimate of drug-likeness (QED) is 0.563. The minimum absolute atomic E-state index is 0.193. The van der Waals surface area contributed by atoms with Crippen molar-refractivity contribution >= 4 is 0 Å². The lowest BCUT2D eigenvalue weighted by atomic mass is 9.93. The summed E-state index contributed by atoms with van der Waals surface area (Å²) < 4.78 is 0. The normalized spacial score (nSPS) is 20.6. The van der Waals surface area contributed by atoms with E-state index in [4.69, 9.17) is 0 Å². The molecule has 0 fully saturated rings. The van der Waals surface area contributed by atoms with E-state index in [0.717, 1.165) is 6.42 Å². The third-order valence-corrected chi connectivity index (χ3v) is 2.56. The zero-order chi connectivity index (χ0) is 10.6. The molecule has 0 heteroatoms. The zero-order valence-corrected chi connectivity index (χ0v) is 9.67. The minimum atomic E-state index is 0.193. The Hall–Kier alpha value is -1.04. The molecule has 0 atom stereocenters. The highest BCUT2D eigenvalue weighted by Crippen LogP contribution is 2.26. The second-order valence-electron chi connectivity index (χ2n) is 4.47. The molecule has 0 bridgehead atoms. The fraction of sp³-hybridized carbons (Fsp3) is 0.429. The van der Waals surface area contributed by atoms with E-state index in [9.17, 15) is 0 Å². The molecule has 14 heavy (non-hydrogen) atoms. The van der Waals surface area contributed by atoms with Crippen LogP contribution in [-0.4, -0.2) is 0 Å². The van der Waals surface area contributed by atoms with Gasteiger partial charge in [-0.15, -0.1) is 0 Å². The lowest BCUT2D eigenvalue weighted by Crippen LogP contribution is -2.00. The van der Waals surface area contributed by atoms with Gasteiger partial charge in [-0.1, -0.05) is 50.3 Å². The summed E-state index contributed by atoms with van der Waals surface area (Å²) >= 11 is 0. The van der Waals surface area contributed by atoms with Crippen LogP contribution in [0.15, 0.2) is 47.6 Å². The molecule has 1 rings (SSSR count). The standard InChI is InChI=1S/C14H20/c1-5-6-7-13-9-11-14(3,4)10-8-12(13)2/h5-6,8-11H,7H2,1-4H3/b6-5-. The lowest BCUT2D eigenvalue weighted by Gasteiger charge is -2.12. The van der Waals surface area contributed by atoms with Crippen molar-refractivity contribution in [2.24, 2.45) is 5.41 Å². The minimum Gasteiger partial charge on any atom is -0.0913 e. The molecule has 0 radical (unpaired) electrons. The van der Waals surface area contributed by atoms with Gasteiger partial charge in [0.05, 0.1) is 0 Å². The summed E-state index contributed by atoms with van der Waals surface area (Å²) in [6, 6.07) is 0. The van der Waals surface area contributed by atoms with Crippen LogP contribution in [0.4, 0.5) is 0 Å². The lowest BCUT2D eigenvalue weighted by molar-refractivity contribution is 0.626. The second-order valence-corrected chi connectivity index (χ2v) is 4.47. The zero-order valence-electron chi connectivity index (χ0n) is 9.67. The number of hydrogen-bond donors (Lipinski definition) is 0. The molecule has 0 saturated carbocycles. The maximum Gasteiger partial charge on any atom is 0.00108 e. The van der Waals surface area contributed by atoms with Gasteiger partial charge in [0.1, 0.15) is 0 Å². The maximum absolute atomic E-state index is 2.28. The summed E-state index contributed by atoms with van der Waals surface area (Å²) in [6.45, 7) is 8.70. The Bertz CT molecular complexity index is 309. The summed E-state index contributed by atoms with van der Waals surface area (Å²) in [4.78, 5) is 0. The van der Waals surface area contributed by atoms with Crippen molar-refractivity contribution in [2.75, 3.05) is 0 Å². The van der Waals surface area contributed by atoms with Gasteiger partial charge in [0.2, 0.25) is 0 Å². The third-order valence-electron chi connectivity index (χ3n) is 2.56. The Morgan fingerprint density at radius 3 is 2.50 bits per heavy atom. The van der Waals surface area contributed by atoms with Crippen LogP contribution in [0.5, 0.6) is 0 Å². The Morgan fingerprint density at radius 2 is 1.86 bits per heavy atom.